The molecule has 1 aromatic rings. The van der Waals surface area contributed by atoms with E-state index in [2.05, 4.69) is 11.8 Å². The van der Waals surface area contributed by atoms with E-state index in [-0.39, 0.29) is 0 Å². The van der Waals surface area contributed by atoms with Gasteiger partial charge in [-0.3, -0.25) is 4.90 Å². The van der Waals surface area contributed by atoms with E-state index in [0.717, 1.165) is 35.6 Å². The van der Waals surface area contributed by atoms with Crippen LogP contribution >= 0.6 is 23.4 Å². The minimum atomic E-state index is 0.723. The first-order chi connectivity index (χ1) is 7.65. The Morgan fingerprint density at radius 1 is 1.56 bits per heavy atom. The zero-order chi connectivity index (χ0) is 11.5. The molecule has 0 aromatic heterocycles. The van der Waals surface area contributed by atoms with E-state index in [1.807, 2.05) is 30.0 Å². The second-order valence-corrected chi connectivity index (χ2v) is 6.22. The summed E-state index contributed by atoms with van der Waals surface area (Å²) in [5.41, 5.74) is 7.59. The summed E-state index contributed by atoms with van der Waals surface area (Å²) in [4.78, 5) is 2.46. The highest BCUT2D eigenvalue weighted by molar-refractivity contribution is 7.99. The van der Waals surface area contributed by atoms with Crippen molar-refractivity contribution in [2.75, 3.05) is 24.6 Å². The lowest BCUT2D eigenvalue weighted by Gasteiger charge is -2.30. The SMILES string of the molecule is CC1CN(Cc2ccc(N)cc2Cl)CCS1. The van der Waals surface area contributed by atoms with Crippen LogP contribution in [-0.4, -0.2) is 29.0 Å². The largest absolute Gasteiger partial charge is 0.399 e. The number of hydrogen-bond acceptors (Lipinski definition) is 3. The lowest BCUT2D eigenvalue weighted by Crippen LogP contribution is -2.36. The molecule has 2 nitrogen and oxygen atoms in total. The van der Waals surface area contributed by atoms with Crippen molar-refractivity contribution in [1.29, 1.82) is 0 Å². The molecule has 1 heterocycles. The van der Waals surface area contributed by atoms with E-state index in [1.54, 1.807) is 0 Å². The van der Waals surface area contributed by atoms with Crippen LogP contribution in [0.1, 0.15) is 12.5 Å². The van der Waals surface area contributed by atoms with Crippen molar-refractivity contribution in [1.82, 2.24) is 4.90 Å². The Labute approximate surface area is 106 Å². The van der Waals surface area contributed by atoms with Crippen LogP contribution in [0.15, 0.2) is 18.2 Å². The summed E-state index contributed by atoms with van der Waals surface area (Å²) in [6.45, 7) is 5.51. The molecule has 0 saturated carbocycles. The zero-order valence-corrected chi connectivity index (χ0v) is 11.0. The molecule has 1 aromatic carbocycles. The normalized spacial score (nSPS) is 22.2. The third-order valence-corrected chi connectivity index (χ3v) is 4.28. The topological polar surface area (TPSA) is 29.3 Å². The molecule has 2 N–H and O–H groups in total. The Morgan fingerprint density at radius 3 is 3.06 bits per heavy atom. The highest BCUT2D eigenvalue weighted by Gasteiger charge is 2.17. The first-order valence-electron chi connectivity index (χ1n) is 5.53. The van der Waals surface area contributed by atoms with E-state index in [4.69, 9.17) is 17.3 Å². The van der Waals surface area contributed by atoms with Crippen molar-refractivity contribution in [2.24, 2.45) is 0 Å². The fraction of sp³-hybridized carbons (Fsp3) is 0.500. The minimum Gasteiger partial charge on any atom is -0.399 e. The van der Waals surface area contributed by atoms with Crippen LogP contribution in [0.5, 0.6) is 0 Å². The summed E-state index contributed by atoms with van der Waals surface area (Å²) in [7, 11) is 0. The van der Waals surface area contributed by atoms with Crippen LogP contribution < -0.4 is 5.73 Å². The molecule has 1 saturated heterocycles. The van der Waals surface area contributed by atoms with Gasteiger partial charge in [0.15, 0.2) is 0 Å². The number of benzene rings is 1. The van der Waals surface area contributed by atoms with Gasteiger partial charge in [0.05, 0.1) is 0 Å². The number of anilines is 1. The molecular weight excluding hydrogens is 240 g/mol. The Bertz CT molecular complexity index is 370. The highest BCUT2D eigenvalue weighted by atomic mass is 35.5. The molecule has 16 heavy (non-hydrogen) atoms. The number of halogens is 1. The molecule has 1 aliphatic rings. The highest BCUT2D eigenvalue weighted by Crippen LogP contribution is 2.24. The van der Waals surface area contributed by atoms with Crippen molar-refractivity contribution < 1.29 is 0 Å². The summed E-state index contributed by atoms with van der Waals surface area (Å²) in [5.74, 6) is 1.22. The van der Waals surface area contributed by atoms with E-state index < -0.39 is 0 Å². The van der Waals surface area contributed by atoms with Crippen molar-refractivity contribution in [3.8, 4) is 0 Å². The number of hydrogen-bond donors (Lipinski definition) is 1. The second kappa shape index (κ2) is 5.30. The van der Waals surface area contributed by atoms with Gasteiger partial charge in [0.2, 0.25) is 0 Å². The molecular formula is C12H17ClN2S. The smallest absolute Gasteiger partial charge is 0.0471 e. The number of nitrogen functional groups attached to an aromatic ring is 1. The Balaban J connectivity index is 2.02. The van der Waals surface area contributed by atoms with Gasteiger partial charge in [0, 0.05) is 41.3 Å². The van der Waals surface area contributed by atoms with Gasteiger partial charge < -0.3 is 5.73 Å². The fourth-order valence-electron chi connectivity index (χ4n) is 1.97. The van der Waals surface area contributed by atoms with Gasteiger partial charge in [-0.1, -0.05) is 24.6 Å². The fourth-order valence-corrected chi connectivity index (χ4v) is 3.30. The molecule has 0 bridgehead atoms. The number of nitrogens with two attached hydrogens (primary N) is 1. The van der Waals surface area contributed by atoms with Crippen molar-refractivity contribution >= 4 is 29.1 Å². The number of thioether (sulfide) groups is 1. The summed E-state index contributed by atoms with van der Waals surface area (Å²) in [6, 6.07) is 5.78. The summed E-state index contributed by atoms with van der Waals surface area (Å²) in [5, 5.41) is 1.51. The maximum atomic E-state index is 6.17. The molecule has 1 unspecified atom stereocenters. The van der Waals surface area contributed by atoms with Crippen LogP contribution in [0.25, 0.3) is 0 Å². The van der Waals surface area contributed by atoms with Crippen LogP contribution in [0.2, 0.25) is 5.02 Å². The van der Waals surface area contributed by atoms with Crippen LogP contribution in [0, 0.1) is 0 Å². The molecule has 0 radical (unpaired) electrons. The molecule has 0 aliphatic carbocycles. The lowest BCUT2D eigenvalue weighted by molar-refractivity contribution is 0.278. The number of nitrogens with zero attached hydrogens (tertiary/aromatic N) is 1. The summed E-state index contributed by atoms with van der Waals surface area (Å²) >= 11 is 8.22. The number of rotatable bonds is 2. The third kappa shape index (κ3) is 3.06. The molecule has 1 atom stereocenters. The molecule has 88 valence electrons. The molecule has 2 rings (SSSR count). The van der Waals surface area contributed by atoms with Gasteiger partial charge in [-0.15, -0.1) is 0 Å². The predicted molar refractivity (Wildman–Crippen MR) is 73.1 cm³/mol. The third-order valence-electron chi connectivity index (χ3n) is 2.80. The van der Waals surface area contributed by atoms with Crippen LogP contribution in [-0.2, 0) is 6.54 Å². The van der Waals surface area contributed by atoms with Gasteiger partial charge in [0.1, 0.15) is 0 Å². The zero-order valence-electron chi connectivity index (χ0n) is 9.45. The molecule has 1 aliphatic heterocycles. The average Bonchev–Trinajstić information content (AvgIpc) is 2.22. The van der Waals surface area contributed by atoms with Gasteiger partial charge in [-0.2, -0.15) is 11.8 Å². The van der Waals surface area contributed by atoms with Crippen LogP contribution in [0.4, 0.5) is 5.69 Å². The monoisotopic (exact) mass is 256 g/mol. The predicted octanol–water partition coefficient (Wildman–Crippen LogP) is 2.86. The van der Waals surface area contributed by atoms with Gasteiger partial charge >= 0.3 is 0 Å². The first-order valence-corrected chi connectivity index (χ1v) is 6.95. The van der Waals surface area contributed by atoms with Gasteiger partial charge in [-0.25, -0.2) is 0 Å². The van der Waals surface area contributed by atoms with Gasteiger partial charge in [0.25, 0.3) is 0 Å². The molecule has 0 amide bonds. The second-order valence-electron chi connectivity index (χ2n) is 4.27. The Hall–Kier alpha value is -0.380. The van der Waals surface area contributed by atoms with Crippen LogP contribution in [0.3, 0.4) is 0 Å². The van der Waals surface area contributed by atoms with Crippen molar-refractivity contribution in [2.45, 2.75) is 18.7 Å². The first kappa shape index (κ1) is 12.1. The van der Waals surface area contributed by atoms with E-state index in [0.29, 0.717) is 0 Å². The van der Waals surface area contributed by atoms with E-state index in [9.17, 15) is 0 Å². The van der Waals surface area contributed by atoms with Crippen molar-refractivity contribution in [3.05, 3.63) is 28.8 Å². The minimum absolute atomic E-state index is 0.723. The standard InChI is InChI=1S/C12H17ClN2S/c1-9-7-15(4-5-16-9)8-10-2-3-11(14)6-12(10)13/h2-3,6,9H,4-5,7-8,14H2,1H3. The lowest BCUT2D eigenvalue weighted by atomic mass is 10.2. The summed E-state index contributed by atoms with van der Waals surface area (Å²) < 4.78 is 0. The van der Waals surface area contributed by atoms with Gasteiger partial charge in [-0.05, 0) is 17.7 Å². The Kier molecular flexibility index (Phi) is 4.00. The molecule has 0 spiro atoms. The van der Waals surface area contributed by atoms with E-state index in [1.165, 1.54) is 11.3 Å². The maximum absolute atomic E-state index is 6.17. The average molecular weight is 257 g/mol. The quantitative estimate of drug-likeness (QED) is 0.825. The molecule has 4 heteroatoms. The molecule has 1 fully saturated rings. The van der Waals surface area contributed by atoms with E-state index >= 15 is 0 Å². The van der Waals surface area contributed by atoms with Crippen molar-refractivity contribution in [3.63, 3.8) is 0 Å². The Morgan fingerprint density at radius 2 is 2.38 bits per heavy atom. The maximum Gasteiger partial charge on any atom is 0.0471 e. The summed E-state index contributed by atoms with van der Waals surface area (Å²) in [6.07, 6.45) is 0.